The molecule has 0 aliphatic rings. The topological polar surface area (TPSA) is 24.9 Å². The van der Waals surface area contributed by atoms with Crippen LogP contribution >= 0.6 is 22.7 Å². The molecule has 2 atom stereocenters. The Morgan fingerprint density at radius 2 is 1.86 bits per heavy atom. The van der Waals surface area contributed by atoms with Crippen LogP contribution in [-0.2, 0) is 0 Å². The zero-order valence-corrected chi connectivity index (χ0v) is 14.4. The van der Waals surface area contributed by atoms with Crippen molar-refractivity contribution in [2.75, 3.05) is 0 Å². The van der Waals surface area contributed by atoms with E-state index < -0.39 is 0 Å². The van der Waals surface area contributed by atoms with Gasteiger partial charge in [0, 0.05) is 26.7 Å². The zero-order valence-electron chi connectivity index (χ0n) is 12.8. The minimum Gasteiger partial charge on any atom is -0.301 e. The van der Waals surface area contributed by atoms with Crippen molar-refractivity contribution in [1.82, 2.24) is 10.3 Å². The predicted molar refractivity (Wildman–Crippen MR) is 93.4 cm³/mol. The van der Waals surface area contributed by atoms with Crippen molar-refractivity contribution in [2.45, 2.75) is 39.8 Å². The van der Waals surface area contributed by atoms with Gasteiger partial charge in [0.1, 0.15) is 5.01 Å². The second-order valence-electron chi connectivity index (χ2n) is 5.52. The average molecular weight is 316 g/mol. The highest BCUT2D eigenvalue weighted by atomic mass is 32.1. The minimum absolute atomic E-state index is 0.281. The van der Waals surface area contributed by atoms with Gasteiger partial charge in [-0.2, -0.15) is 0 Å². The molecule has 0 saturated carbocycles. The fourth-order valence-corrected chi connectivity index (χ4v) is 4.73. The van der Waals surface area contributed by atoms with Crippen LogP contribution in [0.3, 0.4) is 0 Å². The molecule has 0 amide bonds. The molecule has 1 N–H and O–H groups in total. The number of rotatable bonds is 4. The van der Waals surface area contributed by atoms with Crippen molar-refractivity contribution in [3.63, 3.8) is 0 Å². The minimum atomic E-state index is 0.281. The van der Waals surface area contributed by atoms with Crippen molar-refractivity contribution in [3.05, 3.63) is 50.8 Å². The summed E-state index contributed by atoms with van der Waals surface area (Å²) in [7, 11) is 0. The maximum Gasteiger partial charge on any atom is 0.110 e. The van der Waals surface area contributed by atoms with E-state index in [1.54, 1.807) is 11.3 Å². The molecule has 0 bridgehead atoms. The van der Waals surface area contributed by atoms with Crippen LogP contribution in [0, 0.1) is 13.8 Å². The largest absolute Gasteiger partial charge is 0.301 e. The van der Waals surface area contributed by atoms with Crippen LogP contribution in [-0.4, -0.2) is 4.98 Å². The summed E-state index contributed by atoms with van der Waals surface area (Å²) in [6, 6.07) is 9.26. The van der Waals surface area contributed by atoms with Gasteiger partial charge in [0.05, 0.1) is 6.04 Å². The zero-order chi connectivity index (χ0) is 15.0. The Labute approximate surface area is 133 Å². The number of hydrogen-bond acceptors (Lipinski definition) is 4. The van der Waals surface area contributed by atoms with Gasteiger partial charge in [0.25, 0.3) is 0 Å². The molecule has 3 rings (SSSR count). The fraction of sp³-hybridized carbons (Fsp3) is 0.353. The smallest absolute Gasteiger partial charge is 0.110 e. The van der Waals surface area contributed by atoms with Crippen LogP contribution in [0.4, 0.5) is 0 Å². The van der Waals surface area contributed by atoms with Crippen LogP contribution in [0.5, 0.6) is 0 Å². The van der Waals surface area contributed by atoms with E-state index in [4.69, 9.17) is 0 Å². The molecule has 0 aliphatic carbocycles. The first-order chi connectivity index (χ1) is 10.1. The summed E-state index contributed by atoms with van der Waals surface area (Å²) in [5.74, 6) is 0. The summed E-state index contributed by atoms with van der Waals surface area (Å²) in [5, 5.41) is 8.34. The van der Waals surface area contributed by atoms with Crippen molar-refractivity contribution in [2.24, 2.45) is 0 Å². The van der Waals surface area contributed by atoms with Gasteiger partial charge in [-0.25, -0.2) is 4.98 Å². The van der Waals surface area contributed by atoms with Gasteiger partial charge in [0.15, 0.2) is 0 Å². The number of aryl methyl sites for hydroxylation is 2. The highest BCUT2D eigenvalue weighted by Crippen LogP contribution is 2.35. The Hall–Kier alpha value is -1.23. The molecule has 0 radical (unpaired) electrons. The van der Waals surface area contributed by atoms with Crippen LogP contribution < -0.4 is 5.32 Å². The second kappa shape index (κ2) is 5.87. The van der Waals surface area contributed by atoms with Gasteiger partial charge in [-0.1, -0.05) is 18.2 Å². The molecule has 2 nitrogen and oxygen atoms in total. The van der Waals surface area contributed by atoms with Gasteiger partial charge in [0.2, 0.25) is 0 Å². The van der Waals surface area contributed by atoms with E-state index in [1.165, 1.54) is 20.5 Å². The third-order valence-electron chi connectivity index (χ3n) is 3.78. The van der Waals surface area contributed by atoms with Crippen LogP contribution in [0.15, 0.2) is 29.6 Å². The maximum absolute atomic E-state index is 4.58. The second-order valence-corrected chi connectivity index (χ2v) is 7.50. The number of benzene rings is 1. The third-order valence-corrected chi connectivity index (χ3v) is 6.38. The molecule has 0 fully saturated rings. The lowest BCUT2D eigenvalue weighted by Gasteiger charge is -2.18. The Morgan fingerprint density at radius 3 is 2.52 bits per heavy atom. The molecule has 4 heteroatoms. The van der Waals surface area contributed by atoms with Gasteiger partial charge in [-0.15, -0.1) is 22.7 Å². The van der Waals surface area contributed by atoms with Gasteiger partial charge in [-0.3, -0.25) is 0 Å². The third kappa shape index (κ3) is 2.89. The quantitative estimate of drug-likeness (QED) is 0.698. The lowest BCUT2D eigenvalue weighted by molar-refractivity contribution is 0.497. The Morgan fingerprint density at radius 1 is 1.10 bits per heavy atom. The van der Waals surface area contributed by atoms with E-state index in [2.05, 4.69) is 60.7 Å². The molecular weight excluding hydrogens is 296 g/mol. The van der Waals surface area contributed by atoms with Gasteiger partial charge >= 0.3 is 0 Å². The van der Waals surface area contributed by atoms with E-state index in [0.717, 1.165) is 10.7 Å². The lowest BCUT2D eigenvalue weighted by atomic mass is 10.1. The van der Waals surface area contributed by atoms with E-state index in [1.807, 2.05) is 18.3 Å². The Kier molecular flexibility index (Phi) is 4.11. The standard InChI is InChI=1S/C17H20N2S2/c1-10-9-20-17(18-10)13(4)19-12(3)16-11(2)14-7-5-6-8-15(14)21-16/h5-9,12-13,19H,1-4H3. The first-order valence-corrected chi connectivity index (χ1v) is 8.92. The predicted octanol–water partition coefficient (Wildman–Crippen LogP) is 5.39. The maximum atomic E-state index is 4.58. The molecular formula is C17H20N2S2. The van der Waals surface area contributed by atoms with Crippen molar-refractivity contribution in [3.8, 4) is 0 Å². The summed E-state index contributed by atoms with van der Waals surface area (Å²) in [4.78, 5) is 6.01. The molecule has 2 heterocycles. The van der Waals surface area contributed by atoms with Crippen LogP contribution in [0.2, 0.25) is 0 Å². The van der Waals surface area contributed by atoms with Crippen molar-refractivity contribution < 1.29 is 0 Å². The molecule has 2 unspecified atom stereocenters. The SMILES string of the molecule is Cc1csc(C(C)NC(C)c2sc3ccccc3c2C)n1. The summed E-state index contributed by atoms with van der Waals surface area (Å²) >= 11 is 3.63. The number of fused-ring (bicyclic) bond motifs is 1. The summed E-state index contributed by atoms with van der Waals surface area (Å²) in [6.45, 7) is 8.71. The van der Waals surface area contributed by atoms with E-state index in [9.17, 15) is 0 Å². The highest BCUT2D eigenvalue weighted by molar-refractivity contribution is 7.19. The number of nitrogens with one attached hydrogen (secondary N) is 1. The monoisotopic (exact) mass is 316 g/mol. The van der Waals surface area contributed by atoms with Crippen LogP contribution in [0.1, 0.15) is 47.1 Å². The van der Waals surface area contributed by atoms with E-state index in [0.29, 0.717) is 6.04 Å². The summed E-state index contributed by atoms with van der Waals surface area (Å²) in [6.07, 6.45) is 0. The number of aromatic nitrogens is 1. The fourth-order valence-electron chi connectivity index (χ4n) is 2.70. The number of thiazole rings is 1. The molecule has 0 spiro atoms. The first-order valence-electron chi connectivity index (χ1n) is 7.22. The number of hydrogen-bond donors (Lipinski definition) is 1. The molecule has 1 aromatic carbocycles. The summed E-state index contributed by atoms with van der Waals surface area (Å²) in [5.41, 5.74) is 2.51. The van der Waals surface area contributed by atoms with E-state index >= 15 is 0 Å². The van der Waals surface area contributed by atoms with Crippen LogP contribution in [0.25, 0.3) is 10.1 Å². The van der Waals surface area contributed by atoms with E-state index in [-0.39, 0.29) is 6.04 Å². The average Bonchev–Trinajstić information content (AvgIpc) is 3.04. The highest BCUT2D eigenvalue weighted by Gasteiger charge is 2.18. The van der Waals surface area contributed by atoms with Crippen molar-refractivity contribution >= 4 is 32.8 Å². The first kappa shape index (κ1) is 14.7. The molecule has 21 heavy (non-hydrogen) atoms. The lowest BCUT2D eigenvalue weighted by Crippen LogP contribution is -2.22. The van der Waals surface area contributed by atoms with Gasteiger partial charge in [-0.05, 0) is 44.7 Å². The molecule has 2 aromatic heterocycles. The Bertz CT molecular complexity index is 757. The Balaban J connectivity index is 1.83. The van der Waals surface area contributed by atoms with Crippen molar-refractivity contribution in [1.29, 1.82) is 0 Å². The molecule has 3 aromatic rings. The normalized spacial score (nSPS) is 14.5. The molecule has 110 valence electrons. The number of nitrogens with zero attached hydrogens (tertiary/aromatic N) is 1. The number of thiophene rings is 1. The molecule has 0 saturated heterocycles. The molecule has 0 aliphatic heterocycles. The summed E-state index contributed by atoms with van der Waals surface area (Å²) < 4.78 is 1.37. The van der Waals surface area contributed by atoms with Gasteiger partial charge < -0.3 is 5.32 Å².